The monoisotopic (exact) mass is 458 g/mol. The minimum atomic E-state index is -0.353. The molecule has 0 bridgehead atoms. The number of halogens is 1. The summed E-state index contributed by atoms with van der Waals surface area (Å²) in [6.07, 6.45) is 2.42. The molecule has 0 aliphatic heterocycles. The molecule has 25 heavy (non-hydrogen) atoms. The number of hydrogen-bond donors (Lipinski definition) is 3. The van der Waals surface area contributed by atoms with E-state index in [1.54, 1.807) is 7.05 Å². The van der Waals surface area contributed by atoms with Crippen molar-refractivity contribution in [3.8, 4) is 0 Å². The first-order valence-electron chi connectivity index (χ1n) is 8.66. The Balaban J connectivity index is 0.00000312. The zero-order valence-corrected chi connectivity index (χ0v) is 18.0. The number of aliphatic imine (C=N–C) groups is 1. The smallest absolute Gasteiger partial charge is 0.225 e. The predicted molar refractivity (Wildman–Crippen MR) is 115 cm³/mol. The highest BCUT2D eigenvalue weighted by molar-refractivity contribution is 14.0. The van der Waals surface area contributed by atoms with Gasteiger partial charge in [-0.05, 0) is 18.4 Å². The topological polar surface area (TPSA) is 65.5 Å². The predicted octanol–water partition coefficient (Wildman–Crippen LogP) is 2.66. The minimum absolute atomic E-state index is 0. The molecule has 0 radical (unpaired) electrons. The molecule has 1 aromatic carbocycles. The molecule has 0 unspecified atom stereocenters. The van der Waals surface area contributed by atoms with Crippen molar-refractivity contribution >= 4 is 35.8 Å². The molecule has 6 heteroatoms. The molecule has 0 saturated heterocycles. The van der Waals surface area contributed by atoms with Crippen molar-refractivity contribution in [2.24, 2.45) is 10.4 Å². The maximum atomic E-state index is 11.8. The number of nitrogens with one attached hydrogen (secondary N) is 3. The van der Waals surface area contributed by atoms with Crippen molar-refractivity contribution in [1.82, 2.24) is 16.0 Å². The third-order valence-electron chi connectivity index (χ3n) is 4.44. The summed E-state index contributed by atoms with van der Waals surface area (Å²) in [5, 5.41) is 9.60. The average Bonchev–Trinajstić information content (AvgIpc) is 3.35. The van der Waals surface area contributed by atoms with E-state index in [4.69, 9.17) is 0 Å². The Labute approximate surface area is 168 Å². The van der Waals surface area contributed by atoms with Gasteiger partial charge in [-0.3, -0.25) is 9.79 Å². The van der Waals surface area contributed by atoms with E-state index < -0.39 is 0 Å². The van der Waals surface area contributed by atoms with Crippen LogP contribution in [0.25, 0.3) is 0 Å². The van der Waals surface area contributed by atoms with Gasteiger partial charge in [0, 0.05) is 37.5 Å². The van der Waals surface area contributed by atoms with Gasteiger partial charge < -0.3 is 16.0 Å². The maximum absolute atomic E-state index is 11.8. The van der Waals surface area contributed by atoms with Gasteiger partial charge in [0.25, 0.3) is 0 Å². The molecule has 1 aliphatic rings. The average molecular weight is 458 g/mol. The maximum Gasteiger partial charge on any atom is 0.225 e. The summed E-state index contributed by atoms with van der Waals surface area (Å²) in [4.78, 5) is 16.1. The Bertz CT molecular complexity index is 577. The van der Waals surface area contributed by atoms with E-state index in [1.165, 1.54) is 18.4 Å². The minimum Gasteiger partial charge on any atom is -0.356 e. The van der Waals surface area contributed by atoms with Crippen LogP contribution in [0.3, 0.4) is 0 Å². The van der Waals surface area contributed by atoms with E-state index in [2.05, 4.69) is 51.3 Å². The lowest BCUT2D eigenvalue weighted by Crippen LogP contribution is -2.45. The number of nitrogens with zero attached hydrogens (tertiary/aromatic N) is 1. The fourth-order valence-electron chi connectivity index (χ4n) is 2.61. The summed E-state index contributed by atoms with van der Waals surface area (Å²) >= 11 is 0. The van der Waals surface area contributed by atoms with Crippen LogP contribution in [0.1, 0.15) is 39.2 Å². The molecular weight excluding hydrogens is 427 g/mol. The van der Waals surface area contributed by atoms with E-state index in [-0.39, 0.29) is 40.7 Å². The third-order valence-corrected chi connectivity index (χ3v) is 4.44. The number of guanidine groups is 1. The van der Waals surface area contributed by atoms with Crippen molar-refractivity contribution in [3.05, 3.63) is 35.9 Å². The number of benzene rings is 1. The van der Waals surface area contributed by atoms with Gasteiger partial charge in [-0.2, -0.15) is 0 Å². The number of carbonyl (C=O) groups excluding carboxylic acids is 1. The second-order valence-electron chi connectivity index (χ2n) is 7.50. The molecular formula is C19H31IN4O. The van der Waals surface area contributed by atoms with Crippen molar-refractivity contribution in [2.45, 2.75) is 39.0 Å². The second kappa shape index (κ2) is 9.40. The molecule has 0 aromatic heterocycles. The lowest BCUT2D eigenvalue weighted by molar-refractivity contribution is -0.128. The molecule has 1 fully saturated rings. The van der Waals surface area contributed by atoms with Gasteiger partial charge in [-0.25, -0.2) is 0 Å². The number of amides is 1. The molecule has 1 aliphatic carbocycles. The van der Waals surface area contributed by atoms with Gasteiger partial charge in [0.05, 0.1) is 0 Å². The fourth-order valence-corrected chi connectivity index (χ4v) is 2.61. The van der Waals surface area contributed by atoms with Crippen molar-refractivity contribution in [3.63, 3.8) is 0 Å². The van der Waals surface area contributed by atoms with Crippen LogP contribution in [0.15, 0.2) is 35.3 Å². The van der Waals surface area contributed by atoms with Crippen LogP contribution in [0.2, 0.25) is 0 Å². The van der Waals surface area contributed by atoms with Gasteiger partial charge in [0.15, 0.2) is 5.96 Å². The normalized spacial score (nSPS) is 15.8. The number of hydrogen-bond acceptors (Lipinski definition) is 2. The Hall–Kier alpha value is -1.31. The van der Waals surface area contributed by atoms with Gasteiger partial charge >= 0.3 is 0 Å². The van der Waals surface area contributed by atoms with Crippen LogP contribution >= 0.6 is 24.0 Å². The van der Waals surface area contributed by atoms with Crippen molar-refractivity contribution in [1.29, 1.82) is 0 Å². The SMILES string of the molecule is CN=C(NCCNC(=O)C(C)(C)C)NCC1(c2ccccc2)CC1.I. The van der Waals surface area contributed by atoms with Crippen molar-refractivity contribution < 1.29 is 4.79 Å². The molecule has 0 spiro atoms. The van der Waals surface area contributed by atoms with Gasteiger partial charge in [-0.15, -0.1) is 24.0 Å². The van der Waals surface area contributed by atoms with Gasteiger partial charge in [0.2, 0.25) is 5.91 Å². The number of rotatable bonds is 6. The third kappa shape index (κ3) is 6.49. The first-order valence-corrected chi connectivity index (χ1v) is 8.66. The molecule has 0 heterocycles. The summed E-state index contributed by atoms with van der Waals surface area (Å²) in [5.74, 6) is 0.843. The summed E-state index contributed by atoms with van der Waals surface area (Å²) < 4.78 is 0. The zero-order chi connectivity index (χ0) is 17.6. The number of carbonyl (C=O) groups is 1. The van der Waals surface area contributed by atoms with Crippen LogP contribution in [-0.2, 0) is 10.2 Å². The van der Waals surface area contributed by atoms with Crippen LogP contribution in [-0.4, -0.2) is 38.5 Å². The van der Waals surface area contributed by atoms with Crippen molar-refractivity contribution in [2.75, 3.05) is 26.7 Å². The van der Waals surface area contributed by atoms with E-state index in [0.717, 1.165) is 12.5 Å². The lowest BCUT2D eigenvalue weighted by Gasteiger charge is -2.20. The summed E-state index contributed by atoms with van der Waals surface area (Å²) in [6.45, 7) is 7.85. The highest BCUT2D eigenvalue weighted by Gasteiger charge is 2.43. The van der Waals surface area contributed by atoms with Crippen LogP contribution in [0.4, 0.5) is 0 Å². The van der Waals surface area contributed by atoms with Gasteiger partial charge in [0.1, 0.15) is 0 Å². The Kier molecular flexibility index (Phi) is 8.18. The molecule has 1 aromatic rings. The highest BCUT2D eigenvalue weighted by Crippen LogP contribution is 2.47. The van der Waals surface area contributed by atoms with Gasteiger partial charge in [-0.1, -0.05) is 51.1 Å². The molecule has 1 saturated carbocycles. The van der Waals surface area contributed by atoms with Crippen LogP contribution in [0, 0.1) is 5.41 Å². The summed E-state index contributed by atoms with van der Waals surface area (Å²) in [6, 6.07) is 10.7. The van der Waals surface area contributed by atoms with E-state index in [1.807, 2.05) is 20.8 Å². The first kappa shape index (κ1) is 21.7. The fraction of sp³-hybridized carbons (Fsp3) is 0.579. The first-order chi connectivity index (χ1) is 11.4. The van der Waals surface area contributed by atoms with E-state index in [9.17, 15) is 4.79 Å². The summed E-state index contributed by atoms with van der Waals surface area (Å²) in [5.41, 5.74) is 1.29. The largest absolute Gasteiger partial charge is 0.356 e. The Morgan fingerprint density at radius 3 is 2.20 bits per heavy atom. The highest BCUT2D eigenvalue weighted by atomic mass is 127. The molecule has 0 atom stereocenters. The molecule has 5 nitrogen and oxygen atoms in total. The molecule has 3 N–H and O–H groups in total. The standard InChI is InChI=1S/C19H30N4O.HI/c1-18(2,3)16(24)21-12-13-22-17(20-4)23-14-19(10-11-19)15-8-6-5-7-9-15;/h5-9H,10-14H2,1-4H3,(H,21,24)(H2,20,22,23);1H. The van der Waals surface area contributed by atoms with E-state index >= 15 is 0 Å². The Morgan fingerprint density at radius 1 is 1.08 bits per heavy atom. The molecule has 1 amide bonds. The van der Waals surface area contributed by atoms with Crippen LogP contribution < -0.4 is 16.0 Å². The zero-order valence-electron chi connectivity index (χ0n) is 15.7. The quantitative estimate of drug-likeness (QED) is 0.266. The second-order valence-corrected chi connectivity index (χ2v) is 7.50. The summed E-state index contributed by atoms with van der Waals surface area (Å²) in [7, 11) is 1.77. The van der Waals surface area contributed by atoms with Crippen LogP contribution in [0.5, 0.6) is 0 Å². The lowest BCUT2D eigenvalue weighted by atomic mass is 9.96. The molecule has 2 rings (SSSR count). The molecule has 140 valence electrons. The Morgan fingerprint density at radius 2 is 1.68 bits per heavy atom. The van der Waals surface area contributed by atoms with E-state index in [0.29, 0.717) is 13.1 Å².